The Bertz CT molecular complexity index is 202. The molecule has 1 aromatic heterocycles. The second-order valence-electron chi connectivity index (χ2n) is 3.13. The fourth-order valence-corrected chi connectivity index (χ4v) is 1.68. The highest BCUT2D eigenvalue weighted by molar-refractivity contribution is 5.85. The van der Waals surface area contributed by atoms with E-state index < -0.39 is 0 Å². The van der Waals surface area contributed by atoms with E-state index in [2.05, 4.69) is 22.4 Å². The molecule has 1 atom stereocenters. The first-order valence-electron chi connectivity index (χ1n) is 4.33. The van der Waals surface area contributed by atoms with Gasteiger partial charge in [0.1, 0.15) is 0 Å². The van der Waals surface area contributed by atoms with Crippen molar-refractivity contribution in [2.75, 3.05) is 6.54 Å². The van der Waals surface area contributed by atoms with Crippen LogP contribution in [0.25, 0.3) is 0 Å². The first-order valence-corrected chi connectivity index (χ1v) is 4.33. The molecule has 1 aromatic rings. The molecule has 2 rings (SSSR count). The second kappa shape index (κ2) is 4.53. The van der Waals surface area contributed by atoms with Gasteiger partial charge in [-0.25, -0.2) is 0 Å². The van der Waals surface area contributed by atoms with E-state index in [1.807, 2.05) is 6.20 Å². The van der Waals surface area contributed by atoms with Gasteiger partial charge in [0.2, 0.25) is 0 Å². The minimum atomic E-state index is 0. The molecule has 12 heavy (non-hydrogen) atoms. The van der Waals surface area contributed by atoms with Gasteiger partial charge in [0.25, 0.3) is 0 Å². The van der Waals surface area contributed by atoms with Crippen LogP contribution in [0.2, 0.25) is 0 Å². The number of halogens is 1. The molecule has 0 aliphatic carbocycles. The molecule has 0 saturated carbocycles. The van der Waals surface area contributed by atoms with Crippen LogP contribution in [0.4, 0.5) is 0 Å². The fourth-order valence-electron chi connectivity index (χ4n) is 1.68. The Hall–Kier alpha value is -0.470. The number of nitrogens with one attached hydrogen (secondary N) is 2. The molecule has 3 heteroatoms. The van der Waals surface area contributed by atoms with Crippen molar-refractivity contribution in [2.24, 2.45) is 0 Å². The lowest BCUT2D eigenvalue weighted by Gasteiger charge is -2.22. The first kappa shape index (κ1) is 9.62. The summed E-state index contributed by atoms with van der Waals surface area (Å²) < 4.78 is 0. The Labute approximate surface area is 79.2 Å². The summed E-state index contributed by atoms with van der Waals surface area (Å²) in [5.41, 5.74) is 1.34. The van der Waals surface area contributed by atoms with E-state index in [4.69, 9.17) is 0 Å². The van der Waals surface area contributed by atoms with Crippen molar-refractivity contribution in [1.82, 2.24) is 10.3 Å². The lowest BCUT2D eigenvalue weighted by molar-refractivity contribution is 0.406. The van der Waals surface area contributed by atoms with E-state index in [0.29, 0.717) is 6.04 Å². The maximum Gasteiger partial charge on any atom is 0.0472 e. The van der Waals surface area contributed by atoms with Crippen LogP contribution >= 0.6 is 12.4 Å². The Balaban J connectivity index is 0.000000720. The van der Waals surface area contributed by atoms with E-state index in [9.17, 15) is 0 Å². The molecule has 0 spiro atoms. The third-order valence-electron chi connectivity index (χ3n) is 2.31. The predicted molar refractivity (Wildman–Crippen MR) is 52.6 cm³/mol. The second-order valence-corrected chi connectivity index (χ2v) is 3.13. The van der Waals surface area contributed by atoms with Gasteiger partial charge in [-0.3, -0.25) is 0 Å². The molecule has 0 unspecified atom stereocenters. The van der Waals surface area contributed by atoms with Crippen LogP contribution < -0.4 is 5.32 Å². The van der Waals surface area contributed by atoms with Gasteiger partial charge >= 0.3 is 0 Å². The van der Waals surface area contributed by atoms with Crippen LogP contribution in [0.1, 0.15) is 31.0 Å². The molecule has 2 heterocycles. The zero-order valence-corrected chi connectivity index (χ0v) is 7.86. The third kappa shape index (κ3) is 2.02. The highest BCUT2D eigenvalue weighted by Crippen LogP contribution is 2.20. The summed E-state index contributed by atoms with van der Waals surface area (Å²) in [4.78, 5) is 3.24. The maximum absolute atomic E-state index is 3.49. The monoisotopic (exact) mass is 186 g/mol. The Morgan fingerprint density at radius 3 is 2.83 bits per heavy atom. The summed E-state index contributed by atoms with van der Waals surface area (Å²) in [5.74, 6) is 0. The van der Waals surface area contributed by atoms with Gasteiger partial charge in [-0.05, 0) is 31.5 Å². The van der Waals surface area contributed by atoms with E-state index in [1.54, 1.807) is 0 Å². The lowest BCUT2D eigenvalue weighted by Crippen LogP contribution is -2.26. The van der Waals surface area contributed by atoms with Gasteiger partial charge in [-0.2, -0.15) is 0 Å². The summed E-state index contributed by atoms with van der Waals surface area (Å²) >= 11 is 0. The highest BCUT2D eigenvalue weighted by atomic mass is 35.5. The van der Waals surface area contributed by atoms with E-state index in [0.717, 1.165) is 0 Å². The van der Waals surface area contributed by atoms with Gasteiger partial charge in [-0.1, -0.05) is 6.42 Å². The van der Waals surface area contributed by atoms with Crippen molar-refractivity contribution in [2.45, 2.75) is 25.3 Å². The lowest BCUT2D eigenvalue weighted by atomic mass is 10.0. The number of rotatable bonds is 1. The molecular formula is C9H15ClN2. The Morgan fingerprint density at radius 2 is 2.25 bits per heavy atom. The van der Waals surface area contributed by atoms with Gasteiger partial charge in [0, 0.05) is 17.9 Å². The average Bonchev–Trinajstić information content (AvgIpc) is 2.58. The molecule has 1 aliphatic heterocycles. The van der Waals surface area contributed by atoms with E-state index in [1.165, 1.54) is 31.5 Å². The number of hydrogen-bond donors (Lipinski definition) is 2. The number of aromatic amines is 1. The van der Waals surface area contributed by atoms with Gasteiger partial charge in [0.15, 0.2) is 0 Å². The minimum Gasteiger partial charge on any atom is -0.364 e. The van der Waals surface area contributed by atoms with E-state index in [-0.39, 0.29) is 12.4 Å². The summed E-state index contributed by atoms with van der Waals surface area (Å²) in [6, 6.07) is 4.80. The van der Waals surface area contributed by atoms with Crippen LogP contribution in [0.3, 0.4) is 0 Å². The van der Waals surface area contributed by atoms with E-state index >= 15 is 0 Å². The summed E-state index contributed by atoms with van der Waals surface area (Å²) in [7, 11) is 0. The minimum absolute atomic E-state index is 0. The number of hydrogen-bond acceptors (Lipinski definition) is 1. The topological polar surface area (TPSA) is 27.8 Å². The number of piperidine rings is 1. The first-order chi connectivity index (χ1) is 5.47. The predicted octanol–water partition coefficient (Wildman–Crippen LogP) is 2.25. The average molecular weight is 187 g/mol. The molecule has 1 saturated heterocycles. The Morgan fingerprint density at radius 1 is 1.33 bits per heavy atom. The number of aromatic nitrogens is 1. The zero-order valence-electron chi connectivity index (χ0n) is 7.05. The van der Waals surface area contributed by atoms with Crippen molar-refractivity contribution in [3.63, 3.8) is 0 Å². The SMILES string of the molecule is Cl.c1c[nH]c([C@@H]2CCCCN2)c1. The normalized spacial score (nSPS) is 23.2. The third-order valence-corrected chi connectivity index (χ3v) is 2.31. The quantitative estimate of drug-likeness (QED) is 0.692. The van der Waals surface area contributed by atoms with Crippen molar-refractivity contribution >= 4 is 12.4 Å². The molecule has 2 nitrogen and oxygen atoms in total. The van der Waals surface area contributed by atoms with Gasteiger partial charge < -0.3 is 10.3 Å². The summed E-state index contributed by atoms with van der Waals surface area (Å²) in [5, 5.41) is 3.49. The van der Waals surface area contributed by atoms with Crippen molar-refractivity contribution < 1.29 is 0 Å². The molecule has 0 aromatic carbocycles. The smallest absolute Gasteiger partial charge is 0.0472 e. The molecule has 0 bridgehead atoms. The highest BCUT2D eigenvalue weighted by Gasteiger charge is 2.14. The van der Waals surface area contributed by atoms with Crippen LogP contribution in [-0.4, -0.2) is 11.5 Å². The van der Waals surface area contributed by atoms with Crippen LogP contribution in [-0.2, 0) is 0 Å². The summed E-state index contributed by atoms with van der Waals surface area (Å²) in [6.07, 6.45) is 5.96. The summed E-state index contributed by atoms with van der Waals surface area (Å²) in [6.45, 7) is 1.17. The van der Waals surface area contributed by atoms with Crippen molar-refractivity contribution in [1.29, 1.82) is 0 Å². The van der Waals surface area contributed by atoms with Crippen LogP contribution in [0.15, 0.2) is 18.3 Å². The van der Waals surface area contributed by atoms with Gasteiger partial charge in [0.05, 0.1) is 0 Å². The molecular weight excluding hydrogens is 172 g/mol. The van der Waals surface area contributed by atoms with Crippen LogP contribution in [0, 0.1) is 0 Å². The number of H-pyrrole nitrogens is 1. The zero-order chi connectivity index (χ0) is 7.52. The van der Waals surface area contributed by atoms with Crippen molar-refractivity contribution in [3.8, 4) is 0 Å². The largest absolute Gasteiger partial charge is 0.364 e. The Kier molecular flexibility index (Phi) is 3.63. The molecule has 0 radical (unpaired) electrons. The molecule has 0 amide bonds. The van der Waals surface area contributed by atoms with Crippen molar-refractivity contribution in [3.05, 3.63) is 24.0 Å². The molecule has 2 N–H and O–H groups in total. The molecule has 1 fully saturated rings. The standard InChI is InChI=1S/C9H14N2.ClH/c1-2-6-10-8(4-1)9-5-3-7-11-9;/h3,5,7-8,10-11H,1-2,4,6H2;1H/t8-;/m0./s1. The fraction of sp³-hybridized carbons (Fsp3) is 0.556. The van der Waals surface area contributed by atoms with Gasteiger partial charge in [-0.15, -0.1) is 12.4 Å². The molecule has 1 aliphatic rings. The van der Waals surface area contributed by atoms with Crippen LogP contribution in [0.5, 0.6) is 0 Å². The maximum atomic E-state index is 3.49. The molecule has 68 valence electrons.